The molecular weight excluding hydrogens is 168 g/mol. The van der Waals surface area contributed by atoms with Crippen LogP contribution in [0, 0.1) is 0 Å². The number of amides is 3. The maximum Gasteiger partial charge on any atom is 0.324 e. The number of nitrogens with zero attached hydrogens (tertiary/aromatic N) is 1. The average Bonchev–Trinajstić information content (AvgIpc) is 2.00. The summed E-state index contributed by atoms with van der Waals surface area (Å²) in [5.74, 6) is -0.149. The van der Waals surface area contributed by atoms with Crippen LogP contribution >= 0.6 is 0 Å². The van der Waals surface area contributed by atoms with E-state index >= 15 is 0 Å². The molecule has 2 aliphatic rings. The standard InChI is InChI=1S/C9H14N2O2/c1-9(4-2-5-9)11-6-3-7(12)10-8(11)13/h2-6H2,1H3,(H,10,12,13). The van der Waals surface area contributed by atoms with E-state index in [0.29, 0.717) is 13.0 Å². The fourth-order valence-electron chi connectivity index (χ4n) is 2.04. The van der Waals surface area contributed by atoms with Gasteiger partial charge in [-0.2, -0.15) is 0 Å². The van der Waals surface area contributed by atoms with E-state index in [9.17, 15) is 9.59 Å². The topological polar surface area (TPSA) is 49.4 Å². The van der Waals surface area contributed by atoms with Gasteiger partial charge >= 0.3 is 6.03 Å². The molecule has 2 rings (SSSR count). The summed E-state index contributed by atoms with van der Waals surface area (Å²) in [5.41, 5.74) is 0.0186. The number of hydrogen-bond donors (Lipinski definition) is 1. The van der Waals surface area contributed by atoms with Crippen LogP contribution in [0.2, 0.25) is 0 Å². The molecule has 0 aromatic rings. The summed E-state index contributed by atoms with van der Waals surface area (Å²) in [7, 11) is 0. The predicted molar refractivity (Wildman–Crippen MR) is 47.1 cm³/mol. The predicted octanol–water partition coefficient (Wildman–Crippen LogP) is 0.871. The van der Waals surface area contributed by atoms with Crippen LogP contribution in [-0.4, -0.2) is 28.9 Å². The Morgan fingerprint density at radius 1 is 1.38 bits per heavy atom. The van der Waals surface area contributed by atoms with Crippen LogP contribution in [-0.2, 0) is 4.79 Å². The first-order valence-electron chi connectivity index (χ1n) is 4.73. The Hall–Kier alpha value is -1.06. The molecule has 72 valence electrons. The van der Waals surface area contributed by atoms with Gasteiger partial charge in [-0.15, -0.1) is 0 Å². The highest BCUT2D eigenvalue weighted by atomic mass is 16.2. The highest BCUT2D eigenvalue weighted by Crippen LogP contribution is 2.37. The Kier molecular flexibility index (Phi) is 1.78. The van der Waals surface area contributed by atoms with E-state index in [-0.39, 0.29) is 17.5 Å². The van der Waals surface area contributed by atoms with Gasteiger partial charge in [-0.1, -0.05) is 0 Å². The lowest BCUT2D eigenvalue weighted by molar-refractivity contribution is -0.122. The van der Waals surface area contributed by atoms with Crippen LogP contribution in [0.3, 0.4) is 0 Å². The van der Waals surface area contributed by atoms with Crippen molar-refractivity contribution in [2.45, 2.75) is 38.1 Å². The van der Waals surface area contributed by atoms with Gasteiger partial charge < -0.3 is 4.90 Å². The van der Waals surface area contributed by atoms with E-state index in [1.807, 2.05) is 0 Å². The van der Waals surface area contributed by atoms with Crippen LogP contribution in [0.25, 0.3) is 0 Å². The highest BCUT2D eigenvalue weighted by Gasteiger charge is 2.42. The second-order valence-corrected chi connectivity index (χ2v) is 4.11. The molecule has 1 N–H and O–H groups in total. The zero-order valence-corrected chi connectivity index (χ0v) is 7.80. The van der Waals surface area contributed by atoms with Crippen molar-refractivity contribution < 1.29 is 9.59 Å². The zero-order valence-electron chi connectivity index (χ0n) is 7.80. The summed E-state index contributed by atoms with van der Waals surface area (Å²) in [6, 6.07) is -0.210. The van der Waals surface area contributed by atoms with Crippen molar-refractivity contribution in [3.8, 4) is 0 Å². The van der Waals surface area contributed by atoms with Crippen molar-refractivity contribution >= 4 is 11.9 Å². The second-order valence-electron chi connectivity index (χ2n) is 4.11. The number of carbonyl (C=O) groups is 2. The SMILES string of the molecule is CC1(N2CCC(=O)NC2=O)CCC1. The van der Waals surface area contributed by atoms with Crippen molar-refractivity contribution in [3.63, 3.8) is 0 Å². The zero-order chi connectivity index (χ0) is 9.47. The Labute approximate surface area is 77.3 Å². The highest BCUT2D eigenvalue weighted by molar-refractivity contribution is 5.97. The molecule has 1 aliphatic heterocycles. The minimum absolute atomic E-state index is 0.0186. The third-order valence-electron chi connectivity index (χ3n) is 3.14. The minimum atomic E-state index is -0.210. The summed E-state index contributed by atoms with van der Waals surface area (Å²) < 4.78 is 0. The monoisotopic (exact) mass is 182 g/mol. The molecule has 0 spiro atoms. The Morgan fingerprint density at radius 2 is 2.08 bits per heavy atom. The number of urea groups is 1. The van der Waals surface area contributed by atoms with Gasteiger partial charge in [-0.05, 0) is 26.2 Å². The average molecular weight is 182 g/mol. The van der Waals surface area contributed by atoms with Gasteiger partial charge in [0.05, 0.1) is 0 Å². The van der Waals surface area contributed by atoms with Crippen molar-refractivity contribution in [2.75, 3.05) is 6.54 Å². The van der Waals surface area contributed by atoms with Crippen molar-refractivity contribution in [2.24, 2.45) is 0 Å². The number of nitrogens with one attached hydrogen (secondary N) is 1. The van der Waals surface area contributed by atoms with Gasteiger partial charge in [0.2, 0.25) is 5.91 Å². The van der Waals surface area contributed by atoms with Crippen molar-refractivity contribution in [1.29, 1.82) is 0 Å². The second kappa shape index (κ2) is 2.72. The first kappa shape index (κ1) is 8.53. The normalized spacial score (nSPS) is 26.7. The summed E-state index contributed by atoms with van der Waals surface area (Å²) in [6.07, 6.45) is 3.76. The molecular formula is C9H14N2O2. The fourth-order valence-corrected chi connectivity index (χ4v) is 2.04. The van der Waals surface area contributed by atoms with Gasteiger partial charge in [-0.3, -0.25) is 10.1 Å². The van der Waals surface area contributed by atoms with Crippen LogP contribution in [0.5, 0.6) is 0 Å². The Balaban J connectivity index is 2.07. The lowest BCUT2D eigenvalue weighted by Gasteiger charge is -2.48. The molecule has 0 atom stereocenters. The van der Waals surface area contributed by atoms with Crippen molar-refractivity contribution in [3.05, 3.63) is 0 Å². The molecule has 1 aliphatic carbocycles. The number of carbonyl (C=O) groups excluding carboxylic acids is 2. The maximum atomic E-state index is 11.4. The summed E-state index contributed by atoms with van der Waals surface area (Å²) in [5, 5.41) is 2.35. The fraction of sp³-hybridized carbons (Fsp3) is 0.778. The summed E-state index contributed by atoms with van der Waals surface area (Å²) >= 11 is 0. The summed E-state index contributed by atoms with van der Waals surface area (Å²) in [6.45, 7) is 2.67. The van der Waals surface area contributed by atoms with Crippen LogP contribution in [0.15, 0.2) is 0 Å². The molecule has 4 nitrogen and oxygen atoms in total. The maximum absolute atomic E-state index is 11.4. The molecule has 0 bridgehead atoms. The molecule has 1 saturated heterocycles. The van der Waals surface area contributed by atoms with Crippen molar-refractivity contribution in [1.82, 2.24) is 10.2 Å². The number of imide groups is 1. The van der Waals surface area contributed by atoms with Crippen LogP contribution < -0.4 is 5.32 Å². The molecule has 13 heavy (non-hydrogen) atoms. The van der Waals surface area contributed by atoms with Gasteiger partial charge in [-0.25, -0.2) is 4.79 Å². The lowest BCUT2D eigenvalue weighted by atomic mass is 9.77. The van der Waals surface area contributed by atoms with Crippen LogP contribution in [0.4, 0.5) is 4.79 Å². The third kappa shape index (κ3) is 1.30. The number of hydrogen-bond acceptors (Lipinski definition) is 2. The van der Waals surface area contributed by atoms with E-state index in [1.165, 1.54) is 6.42 Å². The van der Waals surface area contributed by atoms with Crippen LogP contribution in [0.1, 0.15) is 32.6 Å². The molecule has 1 saturated carbocycles. The molecule has 0 unspecified atom stereocenters. The number of rotatable bonds is 1. The Morgan fingerprint density at radius 3 is 2.54 bits per heavy atom. The van der Waals surface area contributed by atoms with Gasteiger partial charge in [0.15, 0.2) is 0 Å². The van der Waals surface area contributed by atoms with E-state index < -0.39 is 0 Å². The largest absolute Gasteiger partial charge is 0.324 e. The van der Waals surface area contributed by atoms with Gasteiger partial charge in [0.25, 0.3) is 0 Å². The molecule has 3 amide bonds. The first-order valence-corrected chi connectivity index (χ1v) is 4.73. The molecule has 2 fully saturated rings. The van der Waals surface area contributed by atoms with E-state index in [1.54, 1.807) is 4.90 Å². The minimum Gasteiger partial charge on any atom is -0.319 e. The summed E-state index contributed by atoms with van der Waals surface area (Å²) in [4.78, 5) is 24.1. The molecule has 0 aromatic heterocycles. The van der Waals surface area contributed by atoms with E-state index in [2.05, 4.69) is 12.2 Å². The third-order valence-corrected chi connectivity index (χ3v) is 3.14. The molecule has 1 heterocycles. The smallest absolute Gasteiger partial charge is 0.319 e. The molecule has 4 heteroatoms. The van der Waals surface area contributed by atoms with Gasteiger partial charge in [0, 0.05) is 18.5 Å². The van der Waals surface area contributed by atoms with Gasteiger partial charge in [0.1, 0.15) is 0 Å². The molecule has 0 aromatic carbocycles. The quantitative estimate of drug-likeness (QED) is 0.654. The first-order chi connectivity index (χ1) is 6.12. The Bertz CT molecular complexity index is 258. The van der Waals surface area contributed by atoms with E-state index in [4.69, 9.17) is 0 Å². The van der Waals surface area contributed by atoms with E-state index in [0.717, 1.165) is 12.8 Å². The molecule has 0 radical (unpaired) electrons. The lowest BCUT2D eigenvalue weighted by Crippen LogP contribution is -2.61.